The molecule has 3 aromatic rings. The molecular weight excluding hydrogens is 410 g/mol. The predicted molar refractivity (Wildman–Crippen MR) is 121 cm³/mol. The highest BCUT2D eigenvalue weighted by molar-refractivity contribution is 7.14. The number of hydrogen-bond donors (Lipinski definition) is 1. The normalized spacial score (nSPS) is 15.6. The van der Waals surface area contributed by atoms with Crippen molar-refractivity contribution >= 4 is 22.2 Å². The van der Waals surface area contributed by atoms with Crippen molar-refractivity contribution < 1.29 is 14.3 Å². The van der Waals surface area contributed by atoms with Crippen LogP contribution in [0.15, 0.2) is 53.9 Å². The van der Waals surface area contributed by atoms with E-state index < -0.39 is 0 Å². The monoisotopic (exact) mass is 433 g/mol. The number of thiophene rings is 1. The minimum Gasteiger partial charge on any atom is -0.493 e. The molecule has 2 aromatic carbocycles. The summed E-state index contributed by atoms with van der Waals surface area (Å²) in [6.07, 6.45) is 0.800. The molecule has 1 amide bonds. The fourth-order valence-electron chi connectivity index (χ4n) is 4.04. The zero-order valence-electron chi connectivity index (χ0n) is 17.4. The number of nitrogens with one attached hydrogen (secondary N) is 1. The molecule has 0 spiro atoms. The second kappa shape index (κ2) is 9.21. The van der Waals surface area contributed by atoms with E-state index in [9.17, 15) is 10.1 Å². The van der Waals surface area contributed by atoms with Crippen LogP contribution in [0.2, 0.25) is 0 Å². The Kier molecular flexibility index (Phi) is 6.21. The predicted octanol–water partition coefficient (Wildman–Crippen LogP) is 4.22. The summed E-state index contributed by atoms with van der Waals surface area (Å²) < 4.78 is 11.0. The maximum atomic E-state index is 12.9. The summed E-state index contributed by atoms with van der Waals surface area (Å²) in [6, 6.07) is 17.9. The Morgan fingerprint density at radius 2 is 1.94 bits per heavy atom. The van der Waals surface area contributed by atoms with E-state index >= 15 is 0 Å². The quantitative estimate of drug-likeness (QED) is 0.630. The molecule has 4 rings (SSSR count). The number of anilines is 1. The number of nitrogens with zero attached hydrogens (tertiary/aromatic N) is 2. The zero-order chi connectivity index (χ0) is 21.8. The lowest BCUT2D eigenvalue weighted by molar-refractivity contribution is -0.117. The van der Waals surface area contributed by atoms with Gasteiger partial charge in [-0.15, -0.1) is 11.3 Å². The van der Waals surface area contributed by atoms with Crippen LogP contribution >= 0.6 is 11.3 Å². The van der Waals surface area contributed by atoms with E-state index in [4.69, 9.17) is 9.47 Å². The third-order valence-electron chi connectivity index (χ3n) is 5.47. The Morgan fingerprint density at radius 3 is 2.65 bits per heavy atom. The highest BCUT2D eigenvalue weighted by Gasteiger charge is 2.31. The van der Waals surface area contributed by atoms with Crippen LogP contribution in [0.4, 0.5) is 5.00 Å². The van der Waals surface area contributed by atoms with E-state index in [-0.39, 0.29) is 18.5 Å². The van der Waals surface area contributed by atoms with Crippen molar-refractivity contribution in [3.05, 3.63) is 76.2 Å². The van der Waals surface area contributed by atoms with Crippen LogP contribution in [0.3, 0.4) is 0 Å². The average molecular weight is 434 g/mol. The maximum Gasteiger partial charge on any atom is 0.239 e. The van der Waals surface area contributed by atoms with Crippen LogP contribution in [0, 0.1) is 11.3 Å². The molecule has 0 saturated carbocycles. The fraction of sp³-hybridized carbons (Fsp3) is 0.250. The van der Waals surface area contributed by atoms with Crippen molar-refractivity contribution in [1.29, 1.82) is 5.26 Å². The first-order valence-corrected chi connectivity index (χ1v) is 10.8. The highest BCUT2D eigenvalue weighted by atomic mass is 32.1. The van der Waals surface area contributed by atoms with Gasteiger partial charge in [-0.3, -0.25) is 9.69 Å². The Morgan fingerprint density at radius 1 is 1.19 bits per heavy atom. The van der Waals surface area contributed by atoms with Crippen LogP contribution in [-0.2, 0) is 11.2 Å². The molecule has 1 aliphatic rings. The van der Waals surface area contributed by atoms with E-state index in [1.54, 1.807) is 25.7 Å². The number of ether oxygens (including phenoxy) is 2. The SMILES string of the molecule is COc1cc2c(cc1OC)C(c1ccccc1)N(CC(=O)Nc1sccc1C#N)CC2. The van der Waals surface area contributed by atoms with Gasteiger partial charge < -0.3 is 14.8 Å². The Balaban J connectivity index is 1.66. The summed E-state index contributed by atoms with van der Waals surface area (Å²) in [5.74, 6) is 1.25. The van der Waals surface area contributed by atoms with Gasteiger partial charge in [0.2, 0.25) is 5.91 Å². The van der Waals surface area contributed by atoms with Gasteiger partial charge in [-0.25, -0.2) is 0 Å². The van der Waals surface area contributed by atoms with Crippen LogP contribution < -0.4 is 14.8 Å². The van der Waals surface area contributed by atoms with Gasteiger partial charge in [-0.2, -0.15) is 5.26 Å². The van der Waals surface area contributed by atoms with Crippen molar-refractivity contribution in [3.8, 4) is 17.6 Å². The lowest BCUT2D eigenvalue weighted by Gasteiger charge is -2.37. The summed E-state index contributed by atoms with van der Waals surface area (Å²) in [5.41, 5.74) is 3.89. The molecule has 1 N–H and O–H groups in total. The van der Waals surface area contributed by atoms with Crippen LogP contribution in [-0.4, -0.2) is 38.1 Å². The third-order valence-corrected chi connectivity index (χ3v) is 6.30. The van der Waals surface area contributed by atoms with E-state index in [1.165, 1.54) is 16.9 Å². The van der Waals surface area contributed by atoms with Gasteiger partial charge in [-0.05, 0) is 46.7 Å². The highest BCUT2D eigenvalue weighted by Crippen LogP contribution is 2.40. The number of hydrogen-bond acceptors (Lipinski definition) is 6. The second-order valence-corrected chi connectivity index (χ2v) is 8.18. The molecule has 0 fully saturated rings. The molecule has 31 heavy (non-hydrogen) atoms. The van der Waals surface area contributed by atoms with Gasteiger partial charge in [0.1, 0.15) is 11.1 Å². The van der Waals surface area contributed by atoms with Crippen molar-refractivity contribution in [2.24, 2.45) is 0 Å². The average Bonchev–Trinajstić information content (AvgIpc) is 3.25. The third kappa shape index (κ3) is 4.26. The number of fused-ring (bicyclic) bond motifs is 1. The molecule has 1 aliphatic heterocycles. The van der Waals surface area contributed by atoms with E-state index in [2.05, 4.69) is 28.4 Å². The smallest absolute Gasteiger partial charge is 0.239 e. The Hall–Kier alpha value is -3.34. The number of carbonyl (C=O) groups is 1. The first-order chi connectivity index (χ1) is 15.1. The molecule has 0 bridgehead atoms. The number of amides is 1. The molecule has 7 heteroatoms. The van der Waals surface area contributed by atoms with Gasteiger partial charge in [0.25, 0.3) is 0 Å². The molecule has 0 radical (unpaired) electrons. The van der Waals surface area contributed by atoms with Crippen molar-refractivity contribution in [1.82, 2.24) is 4.90 Å². The second-order valence-electron chi connectivity index (χ2n) is 7.26. The maximum absolute atomic E-state index is 12.9. The topological polar surface area (TPSA) is 74.6 Å². The molecular formula is C24H23N3O3S. The first-order valence-electron chi connectivity index (χ1n) is 9.95. The lowest BCUT2D eigenvalue weighted by Crippen LogP contribution is -2.41. The largest absolute Gasteiger partial charge is 0.493 e. The van der Waals surface area contributed by atoms with Crippen LogP contribution in [0.25, 0.3) is 0 Å². The summed E-state index contributed by atoms with van der Waals surface area (Å²) in [6.45, 7) is 0.946. The van der Waals surface area contributed by atoms with Crippen molar-refractivity contribution in [2.45, 2.75) is 12.5 Å². The first kappa shape index (κ1) is 20.9. The van der Waals surface area contributed by atoms with Gasteiger partial charge in [0.15, 0.2) is 11.5 Å². The fourth-order valence-corrected chi connectivity index (χ4v) is 4.79. The van der Waals surface area contributed by atoms with E-state index in [1.807, 2.05) is 30.3 Å². The minimum absolute atomic E-state index is 0.0886. The molecule has 2 heterocycles. The summed E-state index contributed by atoms with van der Waals surface area (Å²) in [7, 11) is 3.27. The number of carbonyl (C=O) groups excluding carboxylic acids is 1. The Bertz CT molecular complexity index is 1120. The number of rotatable bonds is 6. The lowest BCUT2D eigenvalue weighted by atomic mass is 9.87. The van der Waals surface area contributed by atoms with Crippen LogP contribution in [0.1, 0.15) is 28.3 Å². The van der Waals surface area contributed by atoms with E-state index in [0.29, 0.717) is 22.1 Å². The number of nitriles is 1. The van der Waals surface area contributed by atoms with Crippen molar-refractivity contribution in [2.75, 3.05) is 32.6 Å². The van der Waals surface area contributed by atoms with Gasteiger partial charge in [0, 0.05) is 6.54 Å². The van der Waals surface area contributed by atoms with Crippen molar-refractivity contribution in [3.63, 3.8) is 0 Å². The molecule has 6 nitrogen and oxygen atoms in total. The molecule has 1 atom stereocenters. The van der Waals surface area contributed by atoms with Gasteiger partial charge in [0.05, 0.1) is 32.4 Å². The summed E-state index contributed by atoms with van der Waals surface area (Å²) in [5, 5.41) is 14.5. The summed E-state index contributed by atoms with van der Waals surface area (Å²) in [4.78, 5) is 15.0. The molecule has 0 aliphatic carbocycles. The zero-order valence-corrected chi connectivity index (χ0v) is 18.2. The van der Waals surface area contributed by atoms with Gasteiger partial charge >= 0.3 is 0 Å². The minimum atomic E-state index is -0.135. The number of benzene rings is 2. The molecule has 158 valence electrons. The van der Waals surface area contributed by atoms with Crippen LogP contribution in [0.5, 0.6) is 11.5 Å². The summed E-state index contributed by atoms with van der Waals surface area (Å²) >= 11 is 1.36. The van der Waals surface area contributed by atoms with Gasteiger partial charge in [-0.1, -0.05) is 30.3 Å². The Labute approximate surface area is 185 Å². The molecule has 1 unspecified atom stereocenters. The molecule has 0 saturated heterocycles. The molecule has 1 aromatic heterocycles. The standard InChI is InChI=1S/C24H23N3O3S/c1-29-20-12-17-8-10-27(15-22(28)26-24-18(14-25)9-11-31-24)23(16-6-4-3-5-7-16)19(17)13-21(20)30-2/h3-7,9,11-13,23H,8,10,15H2,1-2H3,(H,26,28). The van der Waals surface area contributed by atoms with E-state index in [0.717, 1.165) is 24.1 Å². The number of methoxy groups -OCH3 is 2.